The molecule has 2 heterocycles. The molecule has 0 radical (unpaired) electrons. The second-order valence-corrected chi connectivity index (χ2v) is 6.25. The Morgan fingerprint density at radius 2 is 1.73 bits per heavy atom. The van der Waals surface area contributed by atoms with Gasteiger partial charge in [-0.15, -0.1) is 0 Å². The molecule has 0 N–H and O–H groups in total. The monoisotopic (exact) mass is 289 g/mol. The Kier molecular flexibility index (Phi) is 2.95. The smallest absolute Gasteiger partial charge is 0.155 e. The van der Waals surface area contributed by atoms with Gasteiger partial charge in [-0.3, -0.25) is 0 Å². The summed E-state index contributed by atoms with van der Waals surface area (Å²) < 4.78 is 8.57. The van der Waals surface area contributed by atoms with E-state index in [9.17, 15) is 0 Å². The third-order valence-electron chi connectivity index (χ3n) is 4.29. The van der Waals surface area contributed by atoms with Gasteiger partial charge in [0.15, 0.2) is 6.23 Å². The van der Waals surface area contributed by atoms with Crippen molar-refractivity contribution in [3.63, 3.8) is 0 Å². The largest absolute Gasteiger partial charge is 0.342 e. The first kappa shape index (κ1) is 13.4. The van der Waals surface area contributed by atoms with Crippen LogP contribution in [0.4, 0.5) is 0 Å². The predicted molar refractivity (Wildman–Crippen MR) is 90.6 cm³/mol. The minimum absolute atomic E-state index is 0.0647. The molecule has 1 aliphatic rings. The summed E-state index contributed by atoms with van der Waals surface area (Å²) in [7, 11) is 0. The van der Waals surface area contributed by atoms with E-state index in [1.807, 2.05) is 6.07 Å². The number of nitrogens with zero attached hydrogens (tertiary/aromatic N) is 1. The van der Waals surface area contributed by atoms with Crippen LogP contribution in [0.25, 0.3) is 17.0 Å². The molecule has 110 valence electrons. The number of para-hydroxylation sites is 1. The highest BCUT2D eigenvalue weighted by Crippen LogP contribution is 2.42. The molecule has 2 aromatic carbocycles. The van der Waals surface area contributed by atoms with Crippen LogP contribution >= 0.6 is 0 Å². The van der Waals surface area contributed by atoms with E-state index in [-0.39, 0.29) is 11.8 Å². The van der Waals surface area contributed by atoms with Gasteiger partial charge in [-0.25, -0.2) is 0 Å². The quantitative estimate of drug-likeness (QED) is 0.638. The van der Waals surface area contributed by atoms with Gasteiger partial charge in [0.25, 0.3) is 0 Å². The van der Waals surface area contributed by atoms with E-state index in [0.717, 1.165) is 0 Å². The van der Waals surface area contributed by atoms with Crippen molar-refractivity contribution in [3.8, 4) is 0 Å². The van der Waals surface area contributed by atoms with Crippen LogP contribution in [-0.2, 0) is 10.3 Å². The first-order valence-corrected chi connectivity index (χ1v) is 7.67. The predicted octanol–water partition coefficient (Wildman–Crippen LogP) is 5.12. The first-order chi connectivity index (χ1) is 10.6. The lowest BCUT2D eigenvalue weighted by atomic mass is 10.1. The second kappa shape index (κ2) is 4.85. The third-order valence-corrected chi connectivity index (χ3v) is 4.29. The lowest BCUT2D eigenvalue weighted by Gasteiger charge is -2.17. The summed E-state index contributed by atoms with van der Waals surface area (Å²) >= 11 is 0. The van der Waals surface area contributed by atoms with Crippen molar-refractivity contribution in [2.45, 2.75) is 25.7 Å². The van der Waals surface area contributed by atoms with Crippen molar-refractivity contribution < 1.29 is 4.74 Å². The third kappa shape index (κ3) is 2.08. The average molecular weight is 289 g/mol. The summed E-state index contributed by atoms with van der Waals surface area (Å²) in [6.07, 6.45) is 4.20. The van der Waals surface area contributed by atoms with Gasteiger partial charge in [-0.1, -0.05) is 54.6 Å². The van der Waals surface area contributed by atoms with E-state index in [4.69, 9.17) is 4.74 Å². The molecule has 1 aliphatic heterocycles. The van der Waals surface area contributed by atoms with Crippen LogP contribution in [0.15, 0.2) is 66.7 Å². The molecule has 0 amide bonds. The highest BCUT2D eigenvalue weighted by molar-refractivity contribution is 5.82. The molecule has 1 atom stereocenters. The van der Waals surface area contributed by atoms with Crippen molar-refractivity contribution in [2.24, 2.45) is 0 Å². The van der Waals surface area contributed by atoms with Gasteiger partial charge in [0.2, 0.25) is 0 Å². The Hall–Kier alpha value is -2.32. The summed E-state index contributed by atoms with van der Waals surface area (Å²) in [6.45, 7) is 4.27. The van der Waals surface area contributed by atoms with E-state index in [1.165, 1.54) is 22.2 Å². The minimum Gasteiger partial charge on any atom is -0.342 e. The van der Waals surface area contributed by atoms with Crippen molar-refractivity contribution in [3.05, 3.63) is 78.0 Å². The molecule has 1 aromatic heterocycles. The van der Waals surface area contributed by atoms with E-state index >= 15 is 0 Å². The first-order valence-electron chi connectivity index (χ1n) is 7.67. The maximum absolute atomic E-state index is 6.27. The molecule has 0 aliphatic carbocycles. The fourth-order valence-corrected chi connectivity index (χ4v) is 3.21. The van der Waals surface area contributed by atoms with E-state index in [2.05, 4.69) is 85.2 Å². The van der Waals surface area contributed by atoms with Crippen LogP contribution in [0.2, 0.25) is 0 Å². The Morgan fingerprint density at radius 1 is 1.00 bits per heavy atom. The zero-order valence-corrected chi connectivity index (χ0v) is 12.9. The van der Waals surface area contributed by atoms with Gasteiger partial charge >= 0.3 is 0 Å². The van der Waals surface area contributed by atoms with Crippen molar-refractivity contribution >= 4 is 17.0 Å². The van der Waals surface area contributed by atoms with Gasteiger partial charge in [-0.05, 0) is 37.6 Å². The Morgan fingerprint density at radius 3 is 2.55 bits per heavy atom. The van der Waals surface area contributed by atoms with Crippen LogP contribution in [0, 0.1) is 0 Å². The van der Waals surface area contributed by atoms with Crippen molar-refractivity contribution in [1.29, 1.82) is 0 Å². The van der Waals surface area contributed by atoms with Crippen LogP contribution in [-0.4, -0.2) is 4.57 Å². The molecule has 0 saturated carbocycles. The lowest BCUT2D eigenvalue weighted by Crippen LogP contribution is -2.15. The van der Waals surface area contributed by atoms with Crippen molar-refractivity contribution in [1.82, 2.24) is 4.57 Å². The average Bonchev–Trinajstić information content (AvgIpc) is 3.03. The fraction of sp³-hybridized carbons (Fsp3) is 0.200. The van der Waals surface area contributed by atoms with E-state index in [0.29, 0.717) is 0 Å². The zero-order chi connectivity index (χ0) is 15.2. The molecular formula is C20H19NO. The summed E-state index contributed by atoms with van der Waals surface area (Å²) in [4.78, 5) is 0. The molecule has 3 aromatic rings. The van der Waals surface area contributed by atoms with Gasteiger partial charge in [-0.2, -0.15) is 0 Å². The van der Waals surface area contributed by atoms with Crippen LogP contribution in [0.1, 0.15) is 31.3 Å². The number of ether oxygens (including phenoxy) is 1. The molecular weight excluding hydrogens is 270 g/mol. The highest BCUT2D eigenvalue weighted by Gasteiger charge is 2.37. The standard InChI is InChI=1S/C20H19NO/c1-20(2)18-14-16-10-6-7-11-17(16)21(18)19(22-20)13-12-15-8-4-3-5-9-15/h3-14,19H,1-2H3/b13-12+/t19-/m0/s1. The summed E-state index contributed by atoms with van der Waals surface area (Å²) in [5.74, 6) is 0. The van der Waals surface area contributed by atoms with Crippen LogP contribution in [0.5, 0.6) is 0 Å². The number of aromatic nitrogens is 1. The SMILES string of the molecule is CC1(C)O[C@@H](/C=C/c2ccccc2)n2c1cc1ccccc12. The second-order valence-electron chi connectivity index (χ2n) is 6.25. The van der Waals surface area contributed by atoms with Crippen LogP contribution in [0.3, 0.4) is 0 Å². The number of rotatable bonds is 2. The molecule has 0 saturated heterocycles. The fourth-order valence-electron chi connectivity index (χ4n) is 3.21. The number of benzene rings is 2. The number of fused-ring (bicyclic) bond motifs is 3. The summed E-state index contributed by atoms with van der Waals surface area (Å²) in [5, 5.41) is 1.27. The Labute approximate surface area is 130 Å². The Balaban J connectivity index is 1.79. The van der Waals surface area contributed by atoms with Gasteiger partial charge in [0.05, 0.1) is 11.2 Å². The van der Waals surface area contributed by atoms with Gasteiger partial charge < -0.3 is 9.30 Å². The molecule has 0 unspecified atom stereocenters. The van der Waals surface area contributed by atoms with Crippen LogP contribution < -0.4 is 0 Å². The summed E-state index contributed by atoms with van der Waals surface area (Å²) in [6, 6.07) is 21.1. The molecule has 4 rings (SSSR count). The van der Waals surface area contributed by atoms with E-state index < -0.39 is 0 Å². The topological polar surface area (TPSA) is 14.2 Å². The molecule has 0 spiro atoms. The van der Waals surface area contributed by atoms with Gasteiger partial charge in [0.1, 0.15) is 5.60 Å². The van der Waals surface area contributed by atoms with E-state index in [1.54, 1.807) is 0 Å². The van der Waals surface area contributed by atoms with Gasteiger partial charge in [0, 0.05) is 5.39 Å². The highest BCUT2D eigenvalue weighted by atomic mass is 16.5. The lowest BCUT2D eigenvalue weighted by molar-refractivity contribution is -0.0441. The van der Waals surface area contributed by atoms with Crippen molar-refractivity contribution in [2.75, 3.05) is 0 Å². The molecule has 0 fully saturated rings. The molecule has 0 bridgehead atoms. The Bertz CT molecular complexity index is 843. The minimum atomic E-state index is -0.273. The number of hydrogen-bond acceptors (Lipinski definition) is 1. The molecule has 22 heavy (non-hydrogen) atoms. The maximum atomic E-state index is 6.27. The zero-order valence-electron chi connectivity index (χ0n) is 12.9. The summed E-state index contributed by atoms with van der Waals surface area (Å²) in [5.41, 5.74) is 3.38. The molecule has 2 heteroatoms. The normalized spacial score (nSPS) is 19.8. The maximum Gasteiger partial charge on any atom is 0.155 e. The number of hydrogen-bond donors (Lipinski definition) is 0. The molecule has 2 nitrogen and oxygen atoms in total.